The lowest BCUT2D eigenvalue weighted by molar-refractivity contribution is -0.127. The van der Waals surface area contributed by atoms with Crippen molar-refractivity contribution in [3.8, 4) is 0 Å². The van der Waals surface area contributed by atoms with Gasteiger partial charge in [0.25, 0.3) is 11.1 Å². The van der Waals surface area contributed by atoms with E-state index in [2.05, 4.69) is 5.32 Å². The van der Waals surface area contributed by atoms with Crippen molar-refractivity contribution in [3.05, 3.63) is 80.5 Å². The summed E-state index contributed by atoms with van der Waals surface area (Å²) in [6, 6.07) is 12.3. The van der Waals surface area contributed by atoms with Crippen molar-refractivity contribution in [2.24, 2.45) is 0 Å². The topological polar surface area (TPSA) is 96.7 Å². The SMILES string of the molecule is Cc1cc(C)cc(NC(=O)CN2C(=O)S/C(=C\c3coc4ccccc4c3=O)C2=O)c1. The number of imide groups is 1. The third kappa shape index (κ3) is 4.29. The van der Waals surface area contributed by atoms with Crippen molar-refractivity contribution in [2.75, 3.05) is 11.9 Å². The molecule has 156 valence electrons. The first-order valence-corrected chi connectivity index (χ1v) is 10.3. The lowest BCUT2D eigenvalue weighted by Crippen LogP contribution is -2.36. The molecule has 0 unspecified atom stereocenters. The maximum Gasteiger partial charge on any atom is 0.294 e. The Labute approximate surface area is 181 Å². The third-order valence-electron chi connectivity index (χ3n) is 4.67. The Morgan fingerprint density at radius 1 is 1.10 bits per heavy atom. The average molecular weight is 434 g/mol. The molecule has 8 heteroatoms. The lowest BCUT2D eigenvalue weighted by Gasteiger charge is -2.13. The van der Waals surface area contributed by atoms with E-state index in [1.165, 1.54) is 12.3 Å². The summed E-state index contributed by atoms with van der Waals surface area (Å²) in [5.74, 6) is -1.11. The van der Waals surface area contributed by atoms with Crippen LogP contribution in [0.25, 0.3) is 17.0 Å². The first kappa shape index (κ1) is 20.6. The second-order valence-electron chi connectivity index (χ2n) is 7.21. The van der Waals surface area contributed by atoms with E-state index in [0.29, 0.717) is 28.4 Å². The number of nitrogens with zero attached hydrogens (tertiary/aromatic N) is 1. The number of hydrogen-bond donors (Lipinski definition) is 1. The van der Waals surface area contributed by atoms with E-state index in [9.17, 15) is 19.2 Å². The molecule has 2 heterocycles. The van der Waals surface area contributed by atoms with Crippen LogP contribution in [0.5, 0.6) is 0 Å². The monoisotopic (exact) mass is 434 g/mol. The summed E-state index contributed by atoms with van der Waals surface area (Å²) in [6.45, 7) is 3.40. The number of carbonyl (C=O) groups excluding carboxylic acids is 3. The van der Waals surface area contributed by atoms with Gasteiger partial charge in [-0.15, -0.1) is 0 Å². The molecule has 0 atom stereocenters. The van der Waals surface area contributed by atoms with Gasteiger partial charge in [-0.2, -0.15) is 0 Å². The van der Waals surface area contributed by atoms with Crippen molar-refractivity contribution in [1.82, 2.24) is 4.90 Å². The zero-order valence-corrected chi connectivity index (χ0v) is 17.6. The van der Waals surface area contributed by atoms with E-state index in [1.807, 2.05) is 19.9 Å². The van der Waals surface area contributed by atoms with Crippen molar-refractivity contribution in [2.45, 2.75) is 13.8 Å². The Balaban J connectivity index is 1.53. The van der Waals surface area contributed by atoms with Crippen molar-refractivity contribution in [3.63, 3.8) is 0 Å². The van der Waals surface area contributed by atoms with Gasteiger partial charge in [-0.1, -0.05) is 18.2 Å². The first-order chi connectivity index (χ1) is 14.8. The highest BCUT2D eigenvalue weighted by atomic mass is 32.2. The first-order valence-electron chi connectivity index (χ1n) is 9.46. The number of anilines is 1. The number of fused-ring (bicyclic) bond motifs is 1. The highest BCUT2D eigenvalue weighted by Crippen LogP contribution is 2.32. The summed E-state index contributed by atoms with van der Waals surface area (Å²) in [7, 11) is 0. The van der Waals surface area contributed by atoms with Gasteiger partial charge in [0.1, 0.15) is 18.4 Å². The van der Waals surface area contributed by atoms with Gasteiger partial charge in [0.15, 0.2) is 5.43 Å². The maximum absolute atomic E-state index is 12.7. The number of benzene rings is 2. The van der Waals surface area contributed by atoms with Crippen LogP contribution in [0.4, 0.5) is 10.5 Å². The molecule has 0 saturated carbocycles. The van der Waals surface area contributed by atoms with Crippen molar-refractivity contribution >= 4 is 51.5 Å². The molecule has 1 aliphatic rings. The molecule has 1 fully saturated rings. The molecule has 2 aromatic carbocycles. The molecular formula is C23H18N2O5S. The van der Waals surface area contributed by atoms with Gasteiger partial charge in [-0.3, -0.25) is 24.1 Å². The van der Waals surface area contributed by atoms with Crippen molar-refractivity contribution in [1.29, 1.82) is 0 Å². The predicted molar refractivity (Wildman–Crippen MR) is 120 cm³/mol. The molecule has 0 spiro atoms. The number of nitrogens with one attached hydrogen (secondary N) is 1. The second-order valence-corrected chi connectivity index (χ2v) is 8.20. The number of rotatable bonds is 4. The summed E-state index contributed by atoms with van der Waals surface area (Å²) < 4.78 is 5.45. The summed E-state index contributed by atoms with van der Waals surface area (Å²) >= 11 is 0.682. The minimum Gasteiger partial charge on any atom is -0.463 e. The van der Waals surface area contributed by atoms with Gasteiger partial charge >= 0.3 is 0 Å². The minimum absolute atomic E-state index is 0.0618. The summed E-state index contributed by atoms with van der Waals surface area (Å²) in [5, 5.41) is 2.51. The van der Waals surface area contributed by atoms with Crippen LogP contribution in [0.2, 0.25) is 0 Å². The standard InChI is InChI=1S/C23H18N2O5S/c1-13-7-14(2)9-16(8-13)24-20(26)11-25-22(28)19(31-23(25)29)10-15-12-30-18-6-4-3-5-17(18)21(15)27/h3-10,12H,11H2,1-2H3,(H,24,26)/b19-10-. The molecule has 0 bridgehead atoms. The van der Waals surface area contributed by atoms with Crippen LogP contribution in [0.15, 0.2) is 62.8 Å². The molecule has 7 nitrogen and oxygen atoms in total. The molecule has 1 aromatic heterocycles. The van der Waals surface area contributed by atoms with Gasteiger partial charge in [-0.05, 0) is 67.1 Å². The van der Waals surface area contributed by atoms with Crippen LogP contribution in [0, 0.1) is 13.8 Å². The number of para-hydroxylation sites is 1. The Morgan fingerprint density at radius 3 is 2.55 bits per heavy atom. The van der Waals surface area contributed by atoms with Gasteiger partial charge < -0.3 is 9.73 Å². The Morgan fingerprint density at radius 2 is 1.81 bits per heavy atom. The molecule has 4 rings (SSSR count). The van der Waals surface area contributed by atoms with Crippen molar-refractivity contribution < 1.29 is 18.8 Å². The molecular weight excluding hydrogens is 416 g/mol. The van der Waals surface area contributed by atoms with Crippen LogP contribution in [0.3, 0.4) is 0 Å². The zero-order chi connectivity index (χ0) is 22.1. The minimum atomic E-state index is -0.627. The van der Waals surface area contributed by atoms with Crippen LogP contribution < -0.4 is 10.7 Å². The smallest absolute Gasteiger partial charge is 0.294 e. The fourth-order valence-electron chi connectivity index (χ4n) is 3.36. The normalized spacial score (nSPS) is 15.2. The summed E-state index contributed by atoms with van der Waals surface area (Å²) in [4.78, 5) is 51.0. The number of aryl methyl sites for hydroxylation is 2. The van der Waals surface area contributed by atoms with Crippen LogP contribution in [0.1, 0.15) is 16.7 Å². The average Bonchev–Trinajstić information content (AvgIpc) is 2.97. The molecule has 1 saturated heterocycles. The summed E-state index contributed by atoms with van der Waals surface area (Å²) in [6.07, 6.45) is 2.58. The highest BCUT2D eigenvalue weighted by molar-refractivity contribution is 8.18. The molecule has 1 aliphatic heterocycles. The third-order valence-corrected chi connectivity index (χ3v) is 5.58. The fourth-order valence-corrected chi connectivity index (χ4v) is 4.19. The molecule has 0 radical (unpaired) electrons. The van der Waals surface area contributed by atoms with E-state index in [4.69, 9.17) is 4.42 Å². The van der Waals surface area contributed by atoms with Gasteiger partial charge in [0.05, 0.1) is 15.9 Å². The molecule has 3 amide bonds. The zero-order valence-electron chi connectivity index (χ0n) is 16.8. The molecule has 0 aliphatic carbocycles. The van der Waals surface area contributed by atoms with E-state index in [0.717, 1.165) is 16.0 Å². The summed E-state index contributed by atoms with van der Waals surface area (Å²) in [5.41, 5.74) is 2.85. The van der Waals surface area contributed by atoms with Gasteiger partial charge in [-0.25, -0.2) is 0 Å². The van der Waals surface area contributed by atoms with E-state index >= 15 is 0 Å². The molecule has 3 aromatic rings. The van der Waals surface area contributed by atoms with E-state index in [-0.39, 0.29) is 15.9 Å². The van der Waals surface area contributed by atoms with Gasteiger partial charge in [0.2, 0.25) is 5.91 Å². The van der Waals surface area contributed by atoms with Crippen LogP contribution in [-0.2, 0) is 9.59 Å². The fraction of sp³-hybridized carbons (Fsp3) is 0.130. The predicted octanol–water partition coefficient (Wildman–Crippen LogP) is 4.08. The van der Waals surface area contributed by atoms with Gasteiger partial charge in [0, 0.05) is 5.69 Å². The maximum atomic E-state index is 12.7. The number of hydrogen-bond acceptors (Lipinski definition) is 6. The second kappa shape index (κ2) is 8.23. The van der Waals surface area contributed by atoms with E-state index < -0.39 is 23.6 Å². The Kier molecular flexibility index (Phi) is 5.48. The number of amides is 3. The van der Waals surface area contributed by atoms with E-state index in [1.54, 1.807) is 36.4 Å². The van der Waals surface area contributed by atoms with Crippen LogP contribution in [-0.4, -0.2) is 28.5 Å². The quantitative estimate of drug-likeness (QED) is 0.622. The number of thioether (sulfide) groups is 1. The Bertz CT molecular complexity index is 1300. The highest BCUT2D eigenvalue weighted by Gasteiger charge is 2.36. The largest absolute Gasteiger partial charge is 0.463 e. The molecule has 1 N–H and O–H groups in total. The lowest BCUT2D eigenvalue weighted by atomic mass is 10.1. The van der Waals surface area contributed by atoms with Crippen LogP contribution >= 0.6 is 11.8 Å². The number of carbonyl (C=O) groups is 3. The molecule has 31 heavy (non-hydrogen) atoms. The Hall–Kier alpha value is -3.65.